The highest BCUT2D eigenvalue weighted by Gasteiger charge is 2.41. The summed E-state index contributed by atoms with van der Waals surface area (Å²) < 4.78 is 120. The topological polar surface area (TPSA) is 208 Å². The summed E-state index contributed by atoms with van der Waals surface area (Å²) in [5.41, 5.74) is 4.80. The molecule has 3 N–H and O–H groups in total. The minimum Gasteiger partial charge on any atom is -0.338 e. The van der Waals surface area contributed by atoms with Gasteiger partial charge in [0, 0.05) is 108 Å². The van der Waals surface area contributed by atoms with Gasteiger partial charge in [0.25, 0.3) is 17.7 Å². The highest BCUT2D eigenvalue weighted by molar-refractivity contribution is 5.96. The third-order valence-electron chi connectivity index (χ3n) is 17.9. The summed E-state index contributed by atoms with van der Waals surface area (Å²) in [6.45, 7) is 9.35. The summed E-state index contributed by atoms with van der Waals surface area (Å²) in [4.78, 5) is 83.8. The Kier molecular flexibility index (Phi) is 19.7. The number of aromatic nitrogens is 6. The van der Waals surface area contributed by atoms with Crippen molar-refractivity contribution >= 4 is 35.4 Å². The first-order chi connectivity index (χ1) is 42.3. The van der Waals surface area contributed by atoms with Gasteiger partial charge in [-0.1, -0.05) is 62.0 Å². The number of piperidine rings is 3. The first-order valence-electron chi connectivity index (χ1n) is 29.6. The third kappa shape index (κ3) is 14.2. The molecule has 27 heteroatoms. The Morgan fingerprint density at radius 3 is 1.03 bits per heavy atom. The van der Waals surface area contributed by atoms with Gasteiger partial charge in [0.15, 0.2) is 17.1 Å². The molecule has 90 heavy (non-hydrogen) atoms. The van der Waals surface area contributed by atoms with Crippen molar-refractivity contribution in [3.05, 3.63) is 157 Å². The van der Waals surface area contributed by atoms with E-state index >= 15 is 0 Å². The Labute approximate surface area is 513 Å². The molecule has 6 aromatic rings. The van der Waals surface area contributed by atoms with Crippen molar-refractivity contribution < 1.29 is 68.3 Å². The number of halogens is 9. The van der Waals surface area contributed by atoms with E-state index in [0.29, 0.717) is 164 Å². The molecule has 12 rings (SSSR count). The molecule has 0 bridgehead atoms. The number of H-pyrrole nitrogens is 3. The summed E-state index contributed by atoms with van der Waals surface area (Å²) in [6, 6.07) is 17.0. The molecule has 6 aliphatic rings. The number of carbonyl (C=O) groups excluding carboxylic acids is 6. The molecule has 6 aliphatic heterocycles. The molecule has 0 spiro atoms. The SMILES string of the molecule is C.CC(=O)N1CCc2[nH]nc(C(=O)N3CCC(c4ccccc4C(F)(F)F)CC3)c2C1.CC(=O)N1CCc2c(C(=O)N3CCC(c4ccccc4C(F)(F)F)CC3)n[nH]c2C1.CC(=O)N1Cc2[nH]nc(C(=O)N3CCC(c4ccccc4C(F)(F)F)CC3)c2C1. The van der Waals surface area contributed by atoms with Gasteiger partial charge >= 0.3 is 18.5 Å². The molecule has 18 nitrogen and oxygen atoms in total. The molecule has 3 aromatic carbocycles. The number of alkyl halides is 9. The number of carbonyl (C=O) groups is 6. The second-order valence-electron chi connectivity index (χ2n) is 23.3. The van der Waals surface area contributed by atoms with Gasteiger partial charge in [-0.05, 0) is 97.6 Å². The molecule has 3 fully saturated rings. The van der Waals surface area contributed by atoms with Crippen molar-refractivity contribution in [2.75, 3.05) is 52.4 Å². The third-order valence-corrected chi connectivity index (χ3v) is 17.9. The maximum absolute atomic E-state index is 13.3. The van der Waals surface area contributed by atoms with E-state index in [4.69, 9.17) is 0 Å². The summed E-state index contributed by atoms with van der Waals surface area (Å²) in [6.07, 6.45) is -9.18. The van der Waals surface area contributed by atoms with Gasteiger partial charge < -0.3 is 29.4 Å². The fraction of sp³-hybridized carbons (Fsp3) is 0.476. The van der Waals surface area contributed by atoms with Gasteiger partial charge in [-0.3, -0.25) is 44.1 Å². The maximum atomic E-state index is 13.3. The smallest absolute Gasteiger partial charge is 0.338 e. The van der Waals surface area contributed by atoms with Gasteiger partial charge in [0.2, 0.25) is 17.7 Å². The van der Waals surface area contributed by atoms with Crippen LogP contribution in [0.15, 0.2) is 72.8 Å². The van der Waals surface area contributed by atoms with Crippen molar-refractivity contribution in [1.29, 1.82) is 0 Å². The fourth-order valence-corrected chi connectivity index (χ4v) is 13.0. The van der Waals surface area contributed by atoms with Gasteiger partial charge in [-0.25, -0.2) is 0 Å². The molecule has 0 saturated carbocycles. The molecule has 9 heterocycles. The zero-order valence-corrected chi connectivity index (χ0v) is 49.2. The lowest BCUT2D eigenvalue weighted by Crippen LogP contribution is -2.40. The summed E-state index contributed by atoms with van der Waals surface area (Å²) in [7, 11) is 0. The second-order valence-corrected chi connectivity index (χ2v) is 23.3. The van der Waals surface area contributed by atoms with E-state index in [2.05, 4.69) is 30.6 Å². The summed E-state index contributed by atoms with van der Waals surface area (Å²) >= 11 is 0. The largest absolute Gasteiger partial charge is 0.416 e. The second kappa shape index (κ2) is 26.9. The molecule has 0 unspecified atom stereocenters. The molecular weight excluding hydrogens is 1190 g/mol. The van der Waals surface area contributed by atoms with Crippen molar-refractivity contribution in [3.63, 3.8) is 0 Å². The van der Waals surface area contributed by atoms with Crippen molar-refractivity contribution in [1.82, 2.24) is 60.0 Å². The van der Waals surface area contributed by atoms with Crippen LogP contribution in [0.25, 0.3) is 0 Å². The Morgan fingerprint density at radius 1 is 0.378 bits per heavy atom. The van der Waals surface area contributed by atoms with Crippen molar-refractivity contribution in [2.24, 2.45) is 0 Å². The van der Waals surface area contributed by atoms with Crippen LogP contribution in [-0.2, 0) is 71.9 Å². The summed E-state index contributed by atoms with van der Waals surface area (Å²) in [5.74, 6) is -1.54. The van der Waals surface area contributed by atoms with E-state index < -0.39 is 35.2 Å². The van der Waals surface area contributed by atoms with Gasteiger partial charge in [0.05, 0.1) is 47.7 Å². The molecule has 0 aliphatic carbocycles. The number of fused-ring (bicyclic) bond motifs is 3. The average Bonchev–Trinajstić information content (AvgIpc) is 1.96. The van der Waals surface area contributed by atoms with E-state index in [9.17, 15) is 68.3 Å². The lowest BCUT2D eigenvalue weighted by Gasteiger charge is -2.33. The fourth-order valence-electron chi connectivity index (χ4n) is 13.0. The normalized spacial score (nSPS) is 17.5. The number of hydrogen-bond donors (Lipinski definition) is 3. The van der Waals surface area contributed by atoms with Crippen LogP contribution in [0.3, 0.4) is 0 Å². The number of amides is 6. The molecule has 3 saturated heterocycles. The van der Waals surface area contributed by atoms with Gasteiger partial charge in [-0.2, -0.15) is 54.8 Å². The molecule has 3 aromatic heterocycles. The first kappa shape index (κ1) is 65.9. The van der Waals surface area contributed by atoms with E-state index in [1.54, 1.807) is 47.6 Å². The number of aromatic amines is 3. The molecule has 482 valence electrons. The predicted molar refractivity (Wildman–Crippen MR) is 310 cm³/mol. The van der Waals surface area contributed by atoms with E-state index in [0.717, 1.165) is 52.0 Å². The molecule has 0 radical (unpaired) electrons. The van der Waals surface area contributed by atoms with E-state index in [1.165, 1.54) is 57.2 Å². The van der Waals surface area contributed by atoms with Crippen molar-refractivity contribution in [2.45, 2.75) is 142 Å². The lowest BCUT2D eigenvalue weighted by molar-refractivity contribution is -0.139. The van der Waals surface area contributed by atoms with E-state index in [1.807, 2.05) is 0 Å². The van der Waals surface area contributed by atoms with Crippen LogP contribution in [0.5, 0.6) is 0 Å². The zero-order chi connectivity index (χ0) is 63.7. The predicted octanol–water partition coefficient (Wildman–Crippen LogP) is 10.7. The molecule has 6 amide bonds. The quantitative estimate of drug-likeness (QED) is 0.135. The van der Waals surface area contributed by atoms with Crippen LogP contribution in [-0.4, -0.2) is 148 Å². The van der Waals surface area contributed by atoms with Crippen molar-refractivity contribution in [3.8, 4) is 0 Å². The first-order valence-corrected chi connectivity index (χ1v) is 29.6. The van der Waals surface area contributed by atoms with E-state index in [-0.39, 0.29) is 60.6 Å². The Hall–Kier alpha value is -8.52. The molecular formula is C63H71F9N12O6. The monoisotopic (exact) mass is 1260 g/mol. The Balaban J connectivity index is 0.000000159. The minimum atomic E-state index is -4.39. The van der Waals surface area contributed by atoms with Gasteiger partial charge in [-0.15, -0.1) is 0 Å². The molecule has 0 atom stereocenters. The number of hydrogen-bond acceptors (Lipinski definition) is 9. The Bertz CT molecular complexity index is 3610. The van der Waals surface area contributed by atoms with Gasteiger partial charge in [0.1, 0.15) is 0 Å². The number of rotatable bonds is 6. The highest BCUT2D eigenvalue weighted by Crippen LogP contribution is 2.42. The minimum absolute atomic E-state index is 0. The number of nitrogens with zero attached hydrogens (tertiary/aromatic N) is 9. The lowest BCUT2D eigenvalue weighted by atomic mass is 9.86. The summed E-state index contributed by atoms with van der Waals surface area (Å²) in [5, 5.41) is 21.1. The number of likely N-dealkylation sites (tertiary alicyclic amines) is 3. The number of benzene rings is 3. The van der Waals surface area contributed by atoms with Crippen LogP contribution >= 0.6 is 0 Å². The van der Waals surface area contributed by atoms with Crippen LogP contribution in [0.2, 0.25) is 0 Å². The van der Waals surface area contributed by atoms with Crippen LogP contribution in [0, 0.1) is 0 Å². The number of nitrogens with one attached hydrogen (secondary N) is 3. The van der Waals surface area contributed by atoms with Crippen LogP contribution in [0.4, 0.5) is 39.5 Å². The highest BCUT2D eigenvalue weighted by atomic mass is 19.4. The zero-order valence-electron chi connectivity index (χ0n) is 49.2. The van der Waals surface area contributed by atoms with Crippen LogP contribution in [0.1, 0.15) is 183 Å². The standard InChI is InChI=1S/2C21H23F3N4O2.C20H21F3N4O2.CH4/c1-13(29)28-11-8-18-16(12-28)19(26-25-18)20(30)27-9-6-14(7-10-27)15-4-2-3-5-17(15)21(22,23)24;1-13(29)28-11-8-16-18(12-28)25-26-19(16)20(30)27-9-6-14(7-10-27)15-4-2-3-5-17(15)21(22,23)24;1-12(28)27-10-15-17(11-27)24-25-18(15)19(29)26-8-6-13(7-9-26)14-4-2-3-5-16(14)20(21,22)23;/h2*2-5,14H,6-12H2,1H3,(H,25,26);2-5,13H,6-11H2,1H3,(H,24,25);1H4. The maximum Gasteiger partial charge on any atom is 0.416 e. The van der Waals surface area contributed by atoms with Crippen LogP contribution < -0.4 is 0 Å². The Morgan fingerprint density at radius 2 is 0.667 bits per heavy atom. The average molecular weight is 1260 g/mol.